The SMILES string of the molecule is COC(=O)N[C@@H](C)C(=O)NCc1ccco1. The summed E-state index contributed by atoms with van der Waals surface area (Å²) in [7, 11) is 1.24. The highest BCUT2D eigenvalue weighted by atomic mass is 16.5. The van der Waals surface area contributed by atoms with Gasteiger partial charge >= 0.3 is 6.09 Å². The molecule has 6 heteroatoms. The van der Waals surface area contributed by atoms with Gasteiger partial charge in [0.2, 0.25) is 5.91 Å². The number of nitrogens with one attached hydrogen (secondary N) is 2. The van der Waals surface area contributed by atoms with Crippen molar-refractivity contribution < 1.29 is 18.7 Å². The van der Waals surface area contributed by atoms with Gasteiger partial charge in [0.1, 0.15) is 11.8 Å². The number of alkyl carbamates (subject to hydrolysis) is 1. The van der Waals surface area contributed by atoms with Crippen molar-refractivity contribution in [3.63, 3.8) is 0 Å². The molecule has 0 aliphatic heterocycles. The molecule has 2 N–H and O–H groups in total. The quantitative estimate of drug-likeness (QED) is 0.789. The summed E-state index contributed by atoms with van der Waals surface area (Å²) in [5.74, 6) is 0.348. The van der Waals surface area contributed by atoms with E-state index in [1.54, 1.807) is 19.1 Å². The number of furan rings is 1. The molecule has 1 aromatic heterocycles. The molecule has 0 spiro atoms. The number of rotatable bonds is 4. The second kappa shape index (κ2) is 5.79. The van der Waals surface area contributed by atoms with Crippen LogP contribution in [0.1, 0.15) is 12.7 Å². The standard InChI is InChI=1S/C10H14N2O4/c1-7(12-10(14)15-2)9(13)11-6-8-4-3-5-16-8/h3-5,7H,6H2,1-2H3,(H,11,13)(H,12,14)/t7-/m0/s1. The second-order valence-electron chi connectivity index (χ2n) is 3.15. The molecule has 0 radical (unpaired) electrons. The molecule has 1 rings (SSSR count). The topological polar surface area (TPSA) is 80.6 Å². The van der Waals surface area contributed by atoms with Gasteiger partial charge in [-0.1, -0.05) is 0 Å². The van der Waals surface area contributed by atoms with Gasteiger partial charge in [0.15, 0.2) is 0 Å². The van der Waals surface area contributed by atoms with Crippen LogP contribution in [0.25, 0.3) is 0 Å². The van der Waals surface area contributed by atoms with Crippen molar-refractivity contribution >= 4 is 12.0 Å². The molecular formula is C10H14N2O4. The van der Waals surface area contributed by atoms with Crippen LogP contribution in [0.4, 0.5) is 4.79 Å². The Labute approximate surface area is 93.0 Å². The van der Waals surface area contributed by atoms with Crippen molar-refractivity contribution in [2.45, 2.75) is 19.5 Å². The Bertz CT molecular complexity index is 348. The smallest absolute Gasteiger partial charge is 0.407 e. The van der Waals surface area contributed by atoms with Crippen molar-refractivity contribution in [3.05, 3.63) is 24.2 Å². The Hall–Kier alpha value is -1.98. The van der Waals surface area contributed by atoms with E-state index in [2.05, 4.69) is 15.4 Å². The molecule has 0 aliphatic carbocycles. The lowest BCUT2D eigenvalue weighted by atomic mass is 10.3. The number of carbonyl (C=O) groups is 2. The summed E-state index contributed by atoms with van der Waals surface area (Å²) in [6.07, 6.45) is 0.887. The number of amides is 2. The first-order valence-corrected chi connectivity index (χ1v) is 4.78. The van der Waals surface area contributed by atoms with Crippen LogP contribution in [0.2, 0.25) is 0 Å². The maximum Gasteiger partial charge on any atom is 0.407 e. The third-order valence-corrected chi connectivity index (χ3v) is 1.93. The number of hydrogen-bond donors (Lipinski definition) is 2. The molecule has 1 atom stereocenters. The van der Waals surface area contributed by atoms with E-state index >= 15 is 0 Å². The second-order valence-corrected chi connectivity index (χ2v) is 3.15. The van der Waals surface area contributed by atoms with Gasteiger partial charge in [-0.3, -0.25) is 4.79 Å². The van der Waals surface area contributed by atoms with Crippen LogP contribution in [0.15, 0.2) is 22.8 Å². The van der Waals surface area contributed by atoms with E-state index < -0.39 is 12.1 Å². The number of carbonyl (C=O) groups excluding carboxylic acids is 2. The van der Waals surface area contributed by atoms with Gasteiger partial charge in [0.25, 0.3) is 0 Å². The van der Waals surface area contributed by atoms with E-state index in [0.717, 1.165) is 0 Å². The molecule has 0 bridgehead atoms. The summed E-state index contributed by atoms with van der Waals surface area (Å²) < 4.78 is 9.41. The third-order valence-electron chi connectivity index (χ3n) is 1.93. The minimum Gasteiger partial charge on any atom is -0.467 e. The summed E-state index contributed by atoms with van der Waals surface area (Å²) in [4.78, 5) is 22.3. The lowest BCUT2D eigenvalue weighted by Gasteiger charge is -2.12. The highest BCUT2D eigenvalue weighted by Gasteiger charge is 2.15. The molecule has 6 nitrogen and oxygen atoms in total. The molecule has 0 unspecified atom stereocenters. The van der Waals surface area contributed by atoms with Crippen LogP contribution in [0.3, 0.4) is 0 Å². The van der Waals surface area contributed by atoms with Gasteiger partial charge in [-0.15, -0.1) is 0 Å². The van der Waals surface area contributed by atoms with Crippen molar-refractivity contribution in [2.24, 2.45) is 0 Å². The maximum atomic E-state index is 11.5. The predicted molar refractivity (Wildman–Crippen MR) is 55.6 cm³/mol. The van der Waals surface area contributed by atoms with Gasteiger partial charge < -0.3 is 19.8 Å². The fourth-order valence-corrected chi connectivity index (χ4v) is 1.04. The molecule has 0 fully saturated rings. The Morgan fingerprint density at radius 2 is 2.31 bits per heavy atom. The van der Waals surface area contributed by atoms with Gasteiger partial charge in [-0.2, -0.15) is 0 Å². The van der Waals surface area contributed by atoms with Crippen molar-refractivity contribution in [2.75, 3.05) is 7.11 Å². The van der Waals surface area contributed by atoms with E-state index in [1.807, 2.05) is 0 Å². The zero-order valence-corrected chi connectivity index (χ0v) is 9.15. The van der Waals surface area contributed by atoms with Gasteiger partial charge in [-0.25, -0.2) is 4.79 Å². The van der Waals surface area contributed by atoms with Crippen LogP contribution < -0.4 is 10.6 Å². The fourth-order valence-electron chi connectivity index (χ4n) is 1.04. The first-order chi connectivity index (χ1) is 7.63. The lowest BCUT2D eigenvalue weighted by molar-refractivity contribution is -0.122. The Kier molecular flexibility index (Phi) is 4.38. The average Bonchev–Trinajstić information content (AvgIpc) is 2.78. The first kappa shape index (κ1) is 12.1. The van der Waals surface area contributed by atoms with Gasteiger partial charge in [0, 0.05) is 0 Å². The summed E-state index contributed by atoms with van der Waals surface area (Å²) >= 11 is 0. The highest BCUT2D eigenvalue weighted by molar-refractivity contribution is 5.85. The zero-order valence-electron chi connectivity index (χ0n) is 9.15. The number of methoxy groups -OCH3 is 1. The lowest BCUT2D eigenvalue weighted by Crippen LogP contribution is -2.44. The molecule has 1 heterocycles. The van der Waals surface area contributed by atoms with E-state index in [4.69, 9.17) is 4.42 Å². The molecule has 0 saturated carbocycles. The number of ether oxygens (including phenoxy) is 1. The summed E-state index contributed by atoms with van der Waals surface area (Å²) in [5.41, 5.74) is 0. The largest absolute Gasteiger partial charge is 0.467 e. The molecule has 16 heavy (non-hydrogen) atoms. The van der Waals surface area contributed by atoms with Crippen LogP contribution in [0, 0.1) is 0 Å². The maximum absolute atomic E-state index is 11.5. The van der Waals surface area contributed by atoms with Gasteiger partial charge in [0.05, 0.1) is 19.9 Å². The number of hydrogen-bond acceptors (Lipinski definition) is 4. The van der Waals surface area contributed by atoms with Crippen molar-refractivity contribution in [1.82, 2.24) is 10.6 Å². The van der Waals surface area contributed by atoms with E-state index in [-0.39, 0.29) is 5.91 Å². The first-order valence-electron chi connectivity index (χ1n) is 4.78. The van der Waals surface area contributed by atoms with E-state index in [0.29, 0.717) is 12.3 Å². The van der Waals surface area contributed by atoms with Gasteiger partial charge in [-0.05, 0) is 19.1 Å². The monoisotopic (exact) mass is 226 g/mol. The molecule has 0 aromatic carbocycles. The summed E-state index contributed by atoms with van der Waals surface area (Å²) in [6, 6.07) is 2.83. The Balaban J connectivity index is 2.31. The minimum atomic E-state index is -0.651. The van der Waals surface area contributed by atoms with Crippen LogP contribution in [-0.2, 0) is 16.1 Å². The minimum absolute atomic E-state index is 0.291. The normalized spacial score (nSPS) is 11.6. The molecule has 2 amide bonds. The Morgan fingerprint density at radius 1 is 1.56 bits per heavy atom. The van der Waals surface area contributed by atoms with E-state index in [1.165, 1.54) is 13.4 Å². The molecule has 88 valence electrons. The average molecular weight is 226 g/mol. The molecule has 0 saturated heterocycles. The Morgan fingerprint density at radius 3 is 2.88 bits per heavy atom. The molecule has 0 aliphatic rings. The highest BCUT2D eigenvalue weighted by Crippen LogP contribution is 1.98. The van der Waals surface area contributed by atoms with E-state index in [9.17, 15) is 9.59 Å². The predicted octanol–water partition coefficient (Wildman–Crippen LogP) is 0.640. The van der Waals surface area contributed by atoms with Crippen molar-refractivity contribution in [1.29, 1.82) is 0 Å². The molecular weight excluding hydrogens is 212 g/mol. The zero-order chi connectivity index (χ0) is 12.0. The summed E-state index contributed by atoms with van der Waals surface area (Å²) in [6.45, 7) is 1.85. The fraction of sp³-hybridized carbons (Fsp3) is 0.400. The molecule has 1 aromatic rings. The van der Waals surface area contributed by atoms with Crippen LogP contribution in [-0.4, -0.2) is 25.2 Å². The van der Waals surface area contributed by atoms with Crippen molar-refractivity contribution in [3.8, 4) is 0 Å². The van der Waals surface area contributed by atoms with Crippen LogP contribution in [0.5, 0.6) is 0 Å². The third kappa shape index (κ3) is 3.64. The van der Waals surface area contributed by atoms with Crippen LogP contribution >= 0.6 is 0 Å². The summed E-state index contributed by atoms with van der Waals surface area (Å²) in [5, 5.41) is 4.97.